The van der Waals surface area contributed by atoms with Gasteiger partial charge in [-0.3, -0.25) is 0 Å². The van der Waals surface area contributed by atoms with Crippen LogP contribution in [0.4, 0.5) is 0 Å². The fraction of sp³-hybridized carbons (Fsp3) is 0.0370. The van der Waals surface area contributed by atoms with E-state index >= 15 is 0 Å². The van der Waals surface area contributed by atoms with Crippen molar-refractivity contribution in [3.05, 3.63) is 126 Å². The molecule has 172 valence electrons. The molecule has 4 rings (SSSR count). The van der Waals surface area contributed by atoms with Gasteiger partial charge in [-0.1, -0.05) is 66.7 Å². The third kappa shape index (κ3) is 4.53. The summed E-state index contributed by atoms with van der Waals surface area (Å²) in [6, 6.07) is 30.3. The third-order valence-corrected chi connectivity index (χ3v) is 9.11. The standard InChI is InChI=1S/C27H22O5S2/c1-32-23-19-17-22(18-20-23)27(34(30,31)25-15-9-4-10-16-25)26(21-11-5-2-6-12-21)33(28,29)24-13-7-3-8-14-24/h2-20H,1H3/b27-26-. The fourth-order valence-electron chi connectivity index (χ4n) is 3.58. The Morgan fingerprint density at radius 3 is 1.24 bits per heavy atom. The van der Waals surface area contributed by atoms with Gasteiger partial charge < -0.3 is 4.74 Å². The van der Waals surface area contributed by atoms with Crippen LogP contribution in [0.25, 0.3) is 9.81 Å². The van der Waals surface area contributed by atoms with E-state index in [-0.39, 0.29) is 30.7 Å². The second-order valence-electron chi connectivity index (χ2n) is 7.39. The molecule has 4 aromatic carbocycles. The van der Waals surface area contributed by atoms with Crippen molar-refractivity contribution >= 4 is 29.5 Å². The summed E-state index contributed by atoms with van der Waals surface area (Å²) in [5.74, 6) is 0.521. The van der Waals surface area contributed by atoms with E-state index in [9.17, 15) is 16.8 Å². The van der Waals surface area contributed by atoms with Gasteiger partial charge in [-0.2, -0.15) is 0 Å². The highest BCUT2D eigenvalue weighted by Gasteiger charge is 2.34. The molecule has 4 aromatic rings. The molecule has 0 aliphatic carbocycles. The minimum absolute atomic E-state index is 0.00230. The van der Waals surface area contributed by atoms with Crippen LogP contribution in [0.5, 0.6) is 5.75 Å². The first-order chi connectivity index (χ1) is 16.4. The summed E-state index contributed by atoms with van der Waals surface area (Å²) >= 11 is 0. The molecule has 7 heteroatoms. The normalized spacial score (nSPS) is 12.6. The number of hydrogen-bond acceptors (Lipinski definition) is 5. The van der Waals surface area contributed by atoms with Crippen LogP contribution in [-0.4, -0.2) is 23.9 Å². The van der Waals surface area contributed by atoms with Crippen molar-refractivity contribution in [2.24, 2.45) is 0 Å². The van der Waals surface area contributed by atoms with Gasteiger partial charge in [0.05, 0.1) is 26.7 Å². The average molecular weight is 491 g/mol. The molecule has 0 aliphatic rings. The molecule has 0 N–H and O–H groups in total. The van der Waals surface area contributed by atoms with E-state index in [0.717, 1.165) is 0 Å². The van der Waals surface area contributed by atoms with Crippen LogP contribution >= 0.6 is 0 Å². The second-order valence-corrected chi connectivity index (χ2v) is 11.2. The van der Waals surface area contributed by atoms with Crippen molar-refractivity contribution in [3.63, 3.8) is 0 Å². The SMILES string of the molecule is COc1ccc(/C(=C(\c2ccccc2)S(=O)(=O)c2ccccc2)S(=O)(=O)c2ccccc2)cc1. The van der Waals surface area contributed by atoms with Crippen LogP contribution in [0.15, 0.2) is 125 Å². The first-order valence-electron chi connectivity index (χ1n) is 10.4. The van der Waals surface area contributed by atoms with Crippen LogP contribution in [0.2, 0.25) is 0 Å². The molecular formula is C27H22O5S2. The molecule has 0 unspecified atom stereocenters. The molecule has 0 amide bonds. The largest absolute Gasteiger partial charge is 0.497 e. The highest BCUT2D eigenvalue weighted by atomic mass is 32.2. The Hall–Kier alpha value is -3.68. The molecule has 0 saturated heterocycles. The van der Waals surface area contributed by atoms with Gasteiger partial charge in [0.1, 0.15) is 5.75 Å². The molecule has 0 aliphatic heterocycles. The molecule has 5 nitrogen and oxygen atoms in total. The van der Waals surface area contributed by atoms with Crippen molar-refractivity contribution in [1.82, 2.24) is 0 Å². The van der Waals surface area contributed by atoms with Crippen LogP contribution in [0, 0.1) is 0 Å². The molecule has 34 heavy (non-hydrogen) atoms. The lowest BCUT2D eigenvalue weighted by Gasteiger charge is -2.18. The topological polar surface area (TPSA) is 77.5 Å². The molecule has 0 bridgehead atoms. The average Bonchev–Trinajstić information content (AvgIpc) is 2.88. The van der Waals surface area contributed by atoms with Gasteiger partial charge in [-0.05, 0) is 59.7 Å². The Kier molecular flexibility index (Phi) is 6.68. The maximum atomic E-state index is 14.0. The van der Waals surface area contributed by atoms with Crippen molar-refractivity contribution < 1.29 is 21.6 Å². The molecular weight excluding hydrogens is 468 g/mol. The van der Waals surface area contributed by atoms with E-state index in [1.807, 2.05) is 0 Å². The summed E-state index contributed by atoms with van der Waals surface area (Å²) < 4.78 is 61.3. The Labute approximate surface area is 199 Å². The Morgan fingerprint density at radius 2 is 0.853 bits per heavy atom. The first kappa shape index (κ1) is 23.5. The summed E-state index contributed by atoms with van der Waals surface area (Å²) in [4.78, 5) is -0.578. The second kappa shape index (κ2) is 9.67. The van der Waals surface area contributed by atoms with E-state index in [4.69, 9.17) is 4.74 Å². The van der Waals surface area contributed by atoms with Crippen molar-refractivity contribution in [3.8, 4) is 5.75 Å². The molecule has 0 atom stereocenters. The van der Waals surface area contributed by atoms with E-state index in [1.165, 1.54) is 31.4 Å². The van der Waals surface area contributed by atoms with Crippen molar-refractivity contribution in [2.75, 3.05) is 7.11 Å². The quantitative estimate of drug-likeness (QED) is 0.321. The lowest BCUT2D eigenvalue weighted by molar-refractivity contribution is 0.415. The number of benzene rings is 4. The number of rotatable bonds is 7. The van der Waals surface area contributed by atoms with Crippen molar-refractivity contribution in [2.45, 2.75) is 9.79 Å². The highest BCUT2D eigenvalue weighted by Crippen LogP contribution is 2.40. The third-order valence-electron chi connectivity index (χ3n) is 5.24. The van der Waals surface area contributed by atoms with Crippen LogP contribution in [-0.2, 0) is 19.7 Å². The summed E-state index contributed by atoms with van der Waals surface area (Å²) in [6.07, 6.45) is 0. The molecule has 0 fully saturated rings. The van der Waals surface area contributed by atoms with Gasteiger partial charge in [0.2, 0.25) is 19.7 Å². The maximum Gasteiger partial charge on any atom is 0.208 e. The highest BCUT2D eigenvalue weighted by molar-refractivity contribution is 8.06. The zero-order valence-electron chi connectivity index (χ0n) is 18.3. The van der Waals surface area contributed by atoms with E-state index in [0.29, 0.717) is 5.75 Å². The van der Waals surface area contributed by atoms with Gasteiger partial charge in [0, 0.05) is 0 Å². The van der Waals surface area contributed by atoms with E-state index < -0.39 is 19.7 Å². The Balaban J connectivity index is 2.17. The minimum atomic E-state index is -4.25. The summed E-state index contributed by atoms with van der Waals surface area (Å²) in [7, 11) is -6.99. The van der Waals surface area contributed by atoms with Crippen molar-refractivity contribution in [1.29, 1.82) is 0 Å². The van der Waals surface area contributed by atoms with Crippen LogP contribution < -0.4 is 4.74 Å². The van der Waals surface area contributed by atoms with Gasteiger partial charge >= 0.3 is 0 Å². The zero-order valence-corrected chi connectivity index (χ0v) is 20.0. The number of sulfone groups is 2. The Bertz CT molecular complexity index is 1510. The van der Waals surface area contributed by atoms with Crippen LogP contribution in [0.3, 0.4) is 0 Å². The predicted molar refractivity (Wildman–Crippen MR) is 134 cm³/mol. The van der Waals surface area contributed by atoms with Gasteiger partial charge in [-0.15, -0.1) is 0 Å². The number of hydrogen-bond donors (Lipinski definition) is 0. The minimum Gasteiger partial charge on any atom is -0.497 e. The Morgan fingerprint density at radius 1 is 0.500 bits per heavy atom. The summed E-state index contributed by atoms with van der Waals surface area (Å²) in [5.41, 5.74) is 0.514. The van der Waals surface area contributed by atoms with E-state index in [2.05, 4.69) is 0 Å². The lowest BCUT2D eigenvalue weighted by Crippen LogP contribution is -2.13. The van der Waals surface area contributed by atoms with Gasteiger partial charge in [-0.25, -0.2) is 16.8 Å². The predicted octanol–water partition coefficient (Wildman–Crippen LogP) is 5.47. The number of ether oxygens (including phenoxy) is 1. The molecule has 0 aromatic heterocycles. The van der Waals surface area contributed by atoms with Crippen LogP contribution in [0.1, 0.15) is 11.1 Å². The zero-order chi connectivity index (χ0) is 24.2. The van der Waals surface area contributed by atoms with Gasteiger partial charge in [0.15, 0.2) is 0 Å². The summed E-state index contributed by atoms with van der Waals surface area (Å²) in [5, 5.41) is 0. The molecule has 0 heterocycles. The van der Waals surface area contributed by atoms with Gasteiger partial charge in [0.25, 0.3) is 0 Å². The fourth-order valence-corrected chi connectivity index (χ4v) is 7.36. The monoisotopic (exact) mass is 490 g/mol. The lowest BCUT2D eigenvalue weighted by atomic mass is 10.1. The summed E-state index contributed by atoms with van der Waals surface area (Å²) in [6.45, 7) is 0. The molecule has 0 saturated carbocycles. The number of methoxy groups -OCH3 is 1. The molecule has 0 radical (unpaired) electrons. The maximum absolute atomic E-state index is 14.0. The van der Waals surface area contributed by atoms with E-state index in [1.54, 1.807) is 91.0 Å². The smallest absolute Gasteiger partial charge is 0.208 e. The first-order valence-corrected chi connectivity index (χ1v) is 13.4. The molecule has 0 spiro atoms.